The highest BCUT2D eigenvalue weighted by molar-refractivity contribution is 5.76. The maximum Gasteiger partial charge on any atom is 0.262 e. The van der Waals surface area contributed by atoms with Crippen LogP contribution in [0.25, 0.3) is 0 Å². The van der Waals surface area contributed by atoms with Crippen LogP contribution in [0.2, 0.25) is 0 Å². The van der Waals surface area contributed by atoms with Crippen molar-refractivity contribution in [3.63, 3.8) is 0 Å². The fourth-order valence-corrected chi connectivity index (χ4v) is 1.56. The molecule has 0 aromatic carbocycles. The lowest BCUT2D eigenvalue weighted by molar-refractivity contribution is -0.122. The standard InChI is InChI=1S/C9H16F2N2O/c1-2-3-8(14)13-7-4-9(10,11)6-12-5-7/h7,12H,2-6H2,1H3,(H,13,14). The molecule has 1 rings (SSSR count). The number of piperidine rings is 1. The number of hydrogen-bond donors (Lipinski definition) is 2. The van der Waals surface area contributed by atoms with Crippen LogP contribution in [0.5, 0.6) is 0 Å². The Morgan fingerprint density at radius 3 is 2.93 bits per heavy atom. The third-order valence-corrected chi connectivity index (χ3v) is 2.16. The zero-order valence-corrected chi connectivity index (χ0v) is 8.28. The molecule has 0 saturated carbocycles. The van der Waals surface area contributed by atoms with Crippen LogP contribution in [0, 0.1) is 0 Å². The van der Waals surface area contributed by atoms with Gasteiger partial charge in [-0.15, -0.1) is 0 Å². The Hall–Kier alpha value is -0.710. The molecule has 5 heteroatoms. The molecule has 2 N–H and O–H groups in total. The zero-order valence-electron chi connectivity index (χ0n) is 8.28. The number of alkyl halides is 2. The Bertz CT molecular complexity index is 209. The van der Waals surface area contributed by atoms with Crippen molar-refractivity contribution in [1.82, 2.24) is 10.6 Å². The van der Waals surface area contributed by atoms with Gasteiger partial charge < -0.3 is 10.6 Å². The number of amides is 1. The second-order valence-corrected chi connectivity index (χ2v) is 3.71. The second kappa shape index (κ2) is 4.68. The van der Waals surface area contributed by atoms with Gasteiger partial charge in [-0.25, -0.2) is 8.78 Å². The molecule has 1 unspecified atom stereocenters. The lowest BCUT2D eigenvalue weighted by Gasteiger charge is -2.30. The van der Waals surface area contributed by atoms with Gasteiger partial charge in [-0.2, -0.15) is 0 Å². The molecule has 1 saturated heterocycles. The van der Waals surface area contributed by atoms with Crippen molar-refractivity contribution >= 4 is 5.91 Å². The van der Waals surface area contributed by atoms with E-state index in [0.717, 1.165) is 6.42 Å². The van der Waals surface area contributed by atoms with Crippen molar-refractivity contribution in [2.75, 3.05) is 13.1 Å². The molecule has 0 bridgehead atoms. The SMILES string of the molecule is CCCC(=O)NC1CNCC(F)(F)C1. The van der Waals surface area contributed by atoms with E-state index < -0.39 is 12.0 Å². The van der Waals surface area contributed by atoms with E-state index in [0.29, 0.717) is 13.0 Å². The molecule has 0 aromatic rings. The third kappa shape index (κ3) is 3.57. The number of carbonyl (C=O) groups is 1. The quantitative estimate of drug-likeness (QED) is 0.720. The summed E-state index contributed by atoms with van der Waals surface area (Å²) in [6, 6.07) is -0.433. The normalized spacial score (nSPS) is 25.8. The molecule has 0 radical (unpaired) electrons. The van der Waals surface area contributed by atoms with Gasteiger partial charge in [0.05, 0.1) is 6.54 Å². The van der Waals surface area contributed by atoms with E-state index in [1.54, 1.807) is 0 Å². The first-order chi connectivity index (χ1) is 6.53. The number of hydrogen-bond acceptors (Lipinski definition) is 2. The van der Waals surface area contributed by atoms with Crippen molar-refractivity contribution in [1.29, 1.82) is 0 Å². The molecule has 0 aromatic heterocycles. The van der Waals surface area contributed by atoms with Gasteiger partial charge in [0.15, 0.2) is 0 Å². The second-order valence-electron chi connectivity index (χ2n) is 3.71. The predicted octanol–water partition coefficient (Wildman–Crippen LogP) is 0.900. The van der Waals surface area contributed by atoms with Crippen LogP contribution >= 0.6 is 0 Å². The Morgan fingerprint density at radius 2 is 2.36 bits per heavy atom. The highest BCUT2D eigenvalue weighted by Crippen LogP contribution is 2.22. The minimum absolute atomic E-state index is 0.142. The molecule has 14 heavy (non-hydrogen) atoms. The van der Waals surface area contributed by atoms with Gasteiger partial charge in [-0.1, -0.05) is 6.92 Å². The van der Waals surface area contributed by atoms with Crippen molar-refractivity contribution in [3.05, 3.63) is 0 Å². The first-order valence-electron chi connectivity index (χ1n) is 4.91. The maximum absolute atomic E-state index is 12.9. The summed E-state index contributed by atoms with van der Waals surface area (Å²) in [6.45, 7) is 2.03. The predicted molar refractivity (Wildman–Crippen MR) is 49.3 cm³/mol. The Morgan fingerprint density at radius 1 is 1.64 bits per heavy atom. The van der Waals surface area contributed by atoms with E-state index in [-0.39, 0.29) is 18.9 Å². The average Bonchev–Trinajstić information content (AvgIpc) is 2.02. The fraction of sp³-hybridized carbons (Fsp3) is 0.889. The summed E-state index contributed by atoms with van der Waals surface area (Å²) in [4.78, 5) is 11.1. The number of nitrogens with one attached hydrogen (secondary N) is 2. The smallest absolute Gasteiger partial charge is 0.262 e. The maximum atomic E-state index is 12.9. The van der Waals surface area contributed by atoms with Gasteiger partial charge in [-0.05, 0) is 6.42 Å². The van der Waals surface area contributed by atoms with Crippen LogP contribution in [0.4, 0.5) is 8.78 Å². The molecule has 1 heterocycles. The van der Waals surface area contributed by atoms with E-state index in [4.69, 9.17) is 0 Å². The Labute approximate surface area is 82.2 Å². The molecular weight excluding hydrogens is 190 g/mol. The van der Waals surface area contributed by atoms with Gasteiger partial charge in [0, 0.05) is 25.4 Å². The average molecular weight is 206 g/mol. The van der Waals surface area contributed by atoms with Gasteiger partial charge in [-0.3, -0.25) is 4.79 Å². The highest BCUT2D eigenvalue weighted by atomic mass is 19.3. The minimum atomic E-state index is -2.69. The lowest BCUT2D eigenvalue weighted by atomic mass is 10.0. The van der Waals surface area contributed by atoms with Crippen LogP contribution in [0.3, 0.4) is 0 Å². The van der Waals surface area contributed by atoms with Crippen LogP contribution in [0.15, 0.2) is 0 Å². The van der Waals surface area contributed by atoms with E-state index >= 15 is 0 Å². The molecule has 1 aliphatic heterocycles. The summed E-state index contributed by atoms with van der Waals surface area (Å²) in [5.74, 6) is -2.83. The topological polar surface area (TPSA) is 41.1 Å². The summed E-state index contributed by atoms with van der Waals surface area (Å²) in [7, 11) is 0. The Kier molecular flexibility index (Phi) is 3.80. The molecule has 1 fully saturated rings. The molecule has 1 aliphatic rings. The Balaban J connectivity index is 2.34. The van der Waals surface area contributed by atoms with Crippen LogP contribution < -0.4 is 10.6 Å². The largest absolute Gasteiger partial charge is 0.352 e. The van der Waals surface area contributed by atoms with Crippen LogP contribution in [-0.4, -0.2) is 31.0 Å². The van der Waals surface area contributed by atoms with E-state index in [9.17, 15) is 13.6 Å². The minimum Gasteiger partial charge on any atom is -0.352 e. The summed E-state index contributed by atoms with van der Waals surface area (Å²) >= 11 is 0. The molecule has 0 spiro atoms. The lowest BCUT2D eigenvalue weighted by Crippen LogP contribution is -2.53. The van der Waals surface area contributed by atoms with Gasteiger partial charge in [0.1, 0.15) is 0 Å². The van der Waals surface area contributed by atoms with Crippen LogP contribution in [0.1, 0.15) is 26.2 Å². The highest BCUT2D eigenvalue weighted by Gasteiger charge is 2.36. The van der Waals surface area contributed by atoms with Gasteiger partial charge in [0.2, 0.25) is 5.91 Å². The van der Waals surface area contributed by atoms with Crippen LogP contribution in [-0.2, 0) is 4.79 Å². The number of rotatable bonds is 3. The van der Waals surface area contributed by atoms with Crippen molar-refractivity contribution in [2.24, 2.45) is 0 Å². The van der Waals surface area contributed by atoms with E-state index in [1.807, 2.05) is 6.92 Å². The van der Waals surface area contributed by atoms with E-state index in [2.05, 4.69) is 10.6 Å². The molecule has 3 nitrogen and oxygen atoms in total. The van der Waals surface area contributed by atoms with Gasteiger partial charge >= 0.3 is 0 Å². The monoisotopic (exact) mass is 206 g/mol. The summed E-state index contributed by atoms with van der Waals surface area (Å²) in [5, 5.41) is 5.20. The molecule has 0 aliphatic carbocycles. The zero-order chi connectivity index (χ0) is 10.6. The van der Waals surface area contributed by atoms with Crippen molar-refractivity contribution in [3.8, 4) is 0 Å². The molecule has 82 valence electrons. The molecule has 1 amide bonds. The van der Waals surface area contributed by atoms with Crippen molar-refractivity contribution in [2.45, 2.75) is 38.2 Å². The van der Waals surface area contributed by atoms with Gasteiger partial charge in [0.25, 0.3) is 5.92 Å². The molecule has 1 atom stereocenters. The third-order valence-electron chi connectivity index (χ3n) is 2.16. The fourth-order valence-electron chi connectivity index (χ4n) is 1.56. The van der Waals surface area contributed by atoms with Crippen molar-refractivity contribution < 1.29 is 13.6 Å². The first kappa shape index (κ1) is 11.4. The first-order valence-corrected chi connectivity index (χ1v) is 4.91. The number of carbonyl (C=O) groups excluding carboxylic acids is 1. The summed E-state index contributed by atoms with van der Waals surface area (Å²) in [6.07, 6.45) is 0.889. The van der Waals surface area contributed by atoms with E-state index in [1.165, 1.54) is 0 Å². The summed E-state index contributed by atoms with van der Waals surface area (Å²) in [5.41, 5.74) is 0. The number of halogens is 2. The molecular formula is C9H16F2N2O. The summed E-state index contributed by atoms with van der Waals surface area (Å²) < 4.78 is 25.8.